The number of halogens is 3. The van der Waals surface area contributed by atoms with Crippen molar-refractivity contribution < 1.29 is 32.3 Å². The molecule has 0 aromatic heterocycles. The van der Waals surface area contributed by atoms with Crippen LogP contribution in [0.25, 0.3) is 0 Å². The van der Waals surface area contributed by atoms with Gasteiger partial charge < -0.3 is 20.3 Å². The van der Waals surface area contributed by atoms with Crippen molar-refractivity contribution in [3.8, 4) is 5.75 Å². The minimum absolute atomic E-state index is 0.0673. The quantitative estimate of drug-likeness (QED) is 0.697. The number of hydrogen-bond donors (Lipinski definition) is 2. The van der Waals surface area contributed by atoms with E-state index in [0.29, 0.717) is 36.3 Å². The summed E-state index contributed by atoms with van der Waals surface area (Å²) >= 11 is 0. The number of benzene rings is 2. The van der Waals surface area contributed by atoms with Crippen LogP contribution in [0.4, 0.5) is 13.2 Å². The summed E-state index contributed by atoms with van der Waals surface area (Å²) in [7, 11) is 0. The van der Waals surface area contributed by atoms with Gasteiger partial charge in [0.1, 0.15) is 12.3 Å². The van der Waals surface area contributed by atoms with E-state index in [1.165, 1.54) is 0 Å². The second-order valence-corrected chi connectivity index (χ2v) is 9.34. The number of hydrogen-bond acceptors (Lipinski definition) is 4. The second kappa shape index (κ2) is 8.58. The Bertz CT molecular complexity index is 1200. The zero-order chi connectivity index (χ0) is 24.8. The fourth-order valence-corrected chi connectivity index (χ4v) is 5.14. The van der Waals surface area contributed by atoms with E-state index in [0.717, 1.165) is 17.5 Å². The average Bonchev–Trinajstić information content (AvgIpc) is 3.10. The third kappa shape index (κ3) is 4.56. The predicted molar refractivity (Wildman–Crippen MR) is 118 cm³/mol. The maximum absolute atomic E-state index is 13.1. The summed E-state index contributed by atoms with van der Waals surface area (Å²) in [5, 5.41) is 5.36. The van der Waals surface area contributed by atoms with Gasteiger partial charge >= 0.3 is 6.18 Å². The summed E-state index contributed by atoms with van der Waals surface area (Å²) in [6.45, 7) is -1.07. The van der Waals surface area contributed by atoms with Gasteiger partial charge in [0.25, 0.3) is 18.0 Å². The molecule has 7 nitrogen and oxygen atoms in total. The summed E-state index contributed by atoms with van der Waals surface area (Å²) < 4.78 is 45.0. The number of carbonyl (C=O) groups excluding carboxylic acids is 3. The largest absolute Gasteiger partial charge is 0.461 e. The number of para-hydroxylation sites is 1. The molecule has 1 aliphatic carbocycles. The molecule has 1 saturated heterocycles. The molecule has 5 rings (SSSR count). The first-order chi connectivity index (χ1) is 16.6. The Labute approximate surface area is 199 Å². The predicted octanol–water partition coefficient (Wildman–Crippen LogP) is 2.72. The number of alkyl halides is 3. The summed E-state index contributed by atoms with van der Waals surface area (Å²) in [6.07, 6.45) is -3.50. The topological polar surface area (TPSA) is 87.7 Å². The van der Waals surface area contributed by atoms with Gasteiger partial charge in [-0.05, 0) is 55.0 Å². The lowest BCUT2D eigenvalue weighted by Gasteiger charge is -2.32. The maximum atomic E-state index is 13.1. The van der Waals surface area contributed by atoms with Crippen molar-refractivity contribution in [2.75, 3.05) is 13.1 Å². The number of rotatable bonds is 3. The summed E-state index contributed by atoms with van der Waals surface area (Å²) in [5.74, 6) is -1.30. The molecule has 2 aromatic carbocycles. The molecule has 0 radical (unpaired) electrons. The lowest BCUT2D eigenvalue weighted by atomic mass is 9.70. The molecule has 0 bridgehead atoms. The van der Waals surface area contributed by atoms with Crippen molar-refractivity contribution in [2.45, 2.75) is 44.6 Å². The van der Waals surface area contributed by atoms with Crippen molar-refractivity contribution in [3.63, 3.8) is 0 Å². The van der Waals surface area contributed by atoms with Crippen LogP contribution in [0.3, 0.4) is 0 Å². The van der Waals surface area contributed by atoms with E-state index in [1.54, 1.807) is 42.5 Å². The Hall–Kier alpha value is -3.56. The van der Waals surface area contributed by atoms with Crippen molar-refractivity contribution in [1.29, 1.82) is 0 Å². The number of nitrogens with one attached hydrogen (secondary N) is 2. The van der Waals surface area contributed by atoms with Crippen LogP contribution in [0.15, 0.2) is 42.5 Å². The minimum Gasteiger partial charge on any atom is -0.461 e. The van der Waals surface area contributed by atoms with E-state index in [2.05, 4.69) is 10.6 Å². The molecule has 35 heavy (non-hydrogen) atoms. The van der Waals surface area contributed by atoms with Crippen molar-refractivity contribution in [1.82, 2.24) is 15.5 Å². The Morgan fingerprint density at radius 2 is 1.91 bits per heavy atom. The highest BCUT2D eigenvalue weighted by atomic mass is 19.4. The minimum atomic E-state index is -4.60. The SMILES string of the molecule is O=C(NC1Oc2ccccc2CN(CC(F)(F)F)C1=O)c1ccc2c(c1)CCC1(CCNC1=O)C2. The van der Waals surface area contributed by atoms with Crippen LogP contribution in [0.5, 0.6) is 5.75 Å². The first-order valence-corrected chi connectivity index (χ1v) is 11.4. The fraction of sp³-hybridized carbons (Fsp3) is 0.400. The van der Waals surface area contributed by atoms with Crippen LogP contribution in [0.2, 0.25) is 0 Å². The third-order valence-corrected chi connectivity index (χ3v) is 6.99. The van der Waals surface area contributed by atoms with Crippen molar-refractivity contribution in [3.05, 3.63) is 64.7 Å². The Balaban J connectivity index is 1.36. The highest BCUT2D eigenvalue weighted by Gasteiger charge is 2.44. The van der Waals surface area contributed by atoms with Crippen LogP contribution in [0.1, 0.15) is 39.9 Å². The van der Waals surface area contributed by atoms with Crippen LogP contribution >= 0.6 is 0 Å². The Morgan fingerprint density at radius 1 is 1.11 bits per heavy atom. The van der Waals surface area contributed by atoms with Gasteiger partial charge in [0.15, 0.2) is 0 Å². The van der Waals surface area contributed by atoms with E-state index >= 15 is 0 Å². The number of fused-ring (bicyclic) bond motifs is 2. The van der Waals surface area contributed by atoms with Crippen LogP contribution < -0.4 is 15.4 Å². The second-order valence-electron chi connectivity index (χ2n) is 9.34. The number of ether oxygens (including phenoxy) is 1. The van der Waals surface area contributed by atoms with E-state index in [9.17, 15) is 27.6 Å². The molecule has 2 aliphatic heterocycles. The molecular formula is C25H24F3N3O4. The number of amides is 3. The first kappa shape index (κ1) is 23.2. The normalized spacial score (nSPS) is 23.7. The van der Waals surface area contributed by atoms with Crippen molar-refractivity contribution in [2.24, 2.45) is 5.41 Å². The average molecular weight is 487 g/mol. The molecule has 10 heteroatoms. The molecule has 2 N–H and O–H groups in total. The highest BCUT2D eigenvalue weighted by Crippen LogP contribution is 2.41. The first-order valence-electron chi connectivity index (χ1n) is 11.4. The molecule has 2 atom stereocenters. The Morgan fingerprint density at radius 3 is 2.66 bits per heavy atom. The van der Waals surface area contributed by atoms with Crippen LogP contribution in [-0.4, -0.2) is 48.1 Å². The van der Waals surface area contributed by atoms with Gasteiger partial charge in [-0.3, -0.25) is 14.4 Å². The van der Waals surface area contributed by atoms with E-state index in [1.807, 2.05) is 0 Å². The van der Waals surface area contributed by atoms with Gasteiger partial charge in [0, 0.05) is 24.2 Å². The van der Waals surface area contributed by atoms with Gasteiger partial charge in [-0.15, -0.1) is 0 Å². The van der Waals surface area contributed by atoms with Crippen molar-refractivity contribution >= 4 is 17.7 Å². The molecule has 2 heterocycles. The summed E-state index contributed by atoms with van der Waals surface area (Å²) in [6, 6.07) is 11.5. The lowest BCUT2D eigenvalue weighted by Crippen LogP contribution is -2.52. The number of aryl methyl sites for hydroxylation is 1. The number of nitrogens with zero attached hydrogens (tertiary/aromatic N) is 1. The smallest absolute Gasteiger partial charge is 0.406 e. The zero-order valence-corrected chi connectivity index (χ0v) is 18.8. The molecule has 1 fully saturated rings. The molecule has 3 amide bonds. The van der Waals surface area contributed by atoms with E-state index in [4.69, 9.17) is 4.74 Å². The molecule has 184 valence electrons. The molecule has 2 unspecified atom stereocenters. The van der Waals surface area contributed by atoms with Gasteiger partial charge in [0.05, 0.1) is 5.41 Å². The maximum Gasteiger partial charge on any atom is 0.406 e. The summed E-state index contributed by atoms with van der Waals surface area (Å²) in [4.78, 5) is 38.9. The standard InChI is InChI=1S/C25H24F3N3O4/c26-25(27,28)14-31-13-18-3-1-2-4-19(18)35-21(22(31)33)30-20(32)16-5-6-17-12-24(8-7-15(17)11-16)9-10-29-23(24)34/h1-6,11,21H,7-10,12-14H2,(H,29,34)(H,30,32). The molecule has 0 saturated carbocycles. The molecule has 1 spiro atoms. The van der Waals surface area contributed by atoms with Crippen LogP contribution in [-0.2, 0) is 29.0 Å². The molecule has 3 aliphatic rings. The van der Waals surface area contributed by atoms with Gasteiger partial charge in [0.2, 0.25) is 5.91 Å². The van der Waals surface area contributed by atoms with E-state index in [-0.39, 0.29) is 23.8 Å². The summed E-state index contributed by atoms with van der Waals surface area (Å²) in [5.41, 5.74) is 2.23. The van der Waals surface area contributed by atoms with Gasteiger partial charge in [-0.2, -0.15) is 13.2 Å². The number of carbonyl (C=O) groups is 3. The highest BCUT2D eigenvalue weighted by molar-refractivity contribution is 5.97. The van der Waals surface area contributed by atoms with E-state index < -0.39 is 36.2 Å². The van der Waals surface area contributed by atoms with Gasteiger partial charge in [-0.1, -0.05) is 24.3 Å². The monoisotopic (exact) mass is 487 g/mol. The van der Waals surface area contributed by atoms with Gasteiger partial charge in [-0.25, -0.2) is 0 Å². The third-order valence-electron chi connectivity index (χ3n) is 6.99. The lowest BCUT2D eigenvalue weighted by molar-refractivity contribution is -0.166. The fourth-order valence-electron chi connectivity index (χ4n) is 5.14. The molecular weight excluding hydrogens is 463 g/mol. The Kier molecular flexibility index (Phi) is 5.69. The van der Waals surface area contributed by atoms with Crippen LogP contribution in [0, 0.1) is 5.41 Å². The zero-order valence-electron chi connectivity index (χ0n) is 18.8. The molecule has 2 aromatic rings.